The molecule has 0 aliphatic rings. The lowest BCUT2D eigenvalue weighted by molar-refractivity contribution is 0.907. The van der Waals surface area contributed by atoms with E-state index in [4.69, 9.17) is 11.6 Å². The first-order valence-corrected chi connectivity index (χ1v) is 6.54. The monoisotopic (exact) mass is 267 g/mol. The van der Waals surface area contributed by atoms with Crippen LogP contribution in [0.15, 0.2) is 30.5 Å². The van der Waals surface area contributed by atoms with Crippen molar-refractivity contribution >= 4 is 34.4 Å². The van der Waals surface area contributed by atoms with Gasteiger partial charge < -0.3 is 10.6 Å². The van der Waals surface area contributed by atoms with Gasteiger partial charge in [0.05, 0.1) is 10.4 Å². The van der Waals surface area contributed by atoms with Crippen LogP contribution in [0.3, 0.4) is 0 Å². The Morgan fingerprint density at radius 3 is 2.82 bits per heavy atom. The zero-order valence-corrected chi connectivity index (χ0v) is 11.3. The van der Waals surface area contributed by atoms with Gasteiger partial charge in [0.1, 0.15) is 5.82 Å². The zero-order chi connectivity index (χ0) is 12.3. The second-order valence-electron chi connectivity index (χ2n) is 3.69. The molecule has 2 N–H and O–H groups in total. The average molecular weight is 268 g/mol. The molecule has 0 spiro atoms. The number of anilines is 2. The van der Waals surface area contributed by atoms with Crippen LogP contribution in [0.4, 0.5) is 11.5 Å². The van der Waals surface area contributed by atoms with Crippen LogP contribution < -0.4 is 10.6 Å². The Labute approximate surface area is 110 Å². The normalized spacial score (nSPS) is 12.2. The largest absolute Gasteiger partial charge is 0.378 e. The fourth-order valence-corrected chi connectivity index (χ4v) is 2.60. The summed E-state index contributed by atoms with van der Waals surface area (Å²) in [4.78, 5) is 5.39. The van der Waals surface area contributed by atoms with Gasteiger partial charge in [-0.2, -0.15) is 0 Å². The minimum absolute atomic E-state index is 0.236. The molecular formula is C12H14ClN3S. The van der Waals surface area contributed by atoms with Crippen LogP contribution in [-0.4, -0.2) is 12.0 Å². The van der Waals surface area contributed by atoms with Crippen molar-refractivity contribution in [3.8, 4) is 0 Å². The Morgan fingerprint density at radius 2 is 2.18 bits per heavy atom. The van der Waals surface area contributed by atoms with E-state index in [0.717, 1.165) is 15.8 Å². The van der Waals surface area contributed by atoms with E-state index in [9.17, 15) is 0 Å². The molecule has 2 heterocycles. The molecule has 0 aromatic carbocycles. The Balaban J connectivity index is 2.09. The summed E-state index contributed by atoms with van der Waals surface area (Å²) < 4.78 is 0.819. The van der Waals surface area contributed by atoms with E-state index in [0.29, 0.717) is 0 Å². The van der Waals surface area contributed by atoms with Gasteiger partial charge in [-0.3, -0.25) is 0 Å². The highest BCUT2D eigenvalue weighted by atomic mass is 35.5. The number of pyridine rings is 1. The van der Waals surface area contributed by atoms with Crippen molar-refractivity contribution in [2.45, 2.75) is 13.0 Å². The number of halogens is 1. The number of aromatic nitrogens is 1. The van der Waals surface area contributed by atoms with Gasteiger partial charge in [-0.15, -0.1) is 11.3 Å². The molecule has 0 saturated carbocycles. The topological polar surface area (TPSA) is 37.0 Å². The van der Waals surface area contributed by atoms with Crippen molar-refractivity contribution < 1.29 is 0 Å². The van der Waals surface area contributed by atoms with E-state index in [2.05, 4.69) is 22.5 Å². The van der Waals surface area contributed by atoms with Gasteiger partial charge in [0.2, 0.25) is 0 Å². The number of nitrogens with zero attached hydrogens (tertiary/aromatic N) is 1. The van der Waals surface area contributed by atoms with Crippen molar-refractivity contribution in [3.63, 3.8) is 0 Å². The highest BCUT2D eigenvalue weighted by Gasteiger charge is 2.08. The number of hydrogen-bond acceptors (Lipinski definition) is 4. The van der Waals surface area contributed by atoms with Crippen LogP contribution in [0.1, 0.15) is 17.8 Å². The summed E-state index contributed by atoms with van der Waals surface area (Å²) in [6.07, 6.45) is 1.78. The molecule has 1 atom stereocenters. The van der Waals surface area contributed by atoms with E-state index < -0.39 is 0 Å². The van der Waals surface area contributed by atoms with Crippen LogP contribution in [0.2, 0.25) is 4.34 Å². The molecule has 2 aromatic rings. The van der Waals surface area contributed by atoms with Crippen LogP contribution in [0.5, 0.6) is 0 Å². The molecule has 2 aromatic heterocycles. The van der Waals surface area contributed by atoms with Gasteiger partial charge in [-0.05, 0) is 25.1 Å². The highest BCUT2D eigenvalue weighted by molar-refractivity contribution is 7.16. The summed E-state index contributed by atoms with van der Waals surface area (Å²) in [6, 6.07) is 8.13. The number of rotatable bonds is 4. The van der Waals surface area contributed by atoms with Crippen molar-refractivity contribution in [3.05, 3.63) is 39.7 Å². The van der Waals surface area contributed by atoms with Gasteiger partial charge in [-0.25, -0.2) is 4.98 Å². The summed E-state index contributed by atoms with van der Waals surface area (Å²) in [6.45, 7) is 2.11. The van der Waals surface area contributed by atoms with Gasteiger partial charge in [0.25, 0.3) is 0 Å². The second-order valence-corrected chi connectivity index (χ2v) is 5.43. The van der Waals surface area contributed by atoms with Crippen molar-refractivity contribution in [1.29, 1.82) is 0 Å². The zero-order valence-electron chi connectivity index (χ0n) is 9.70. The summed E-state index contributed by atoms with van der Waals surface area (Å²) in [5, 5.41) is 6.43. The maximum absolute atomic E-state index is 5.93. The summed E-state index contributed by atoms with van der Waals surface area (Å²) >= 11 is 7.52. The van der Waals surface area contributed by atoms with Crippen LogP contribution >= 0.6 is 22.9 Å². The minimum Gasteiger partial charge on any atom is -0.378 e. The number of thiophene rings is 1. The quantitative estimate of drug-likeness (QED) is 0.879. The standard InChI is InChI=1S/C12H14ClN3S/c1-8(10-3-4-11(13)17-10)16-9-5-6-15-12(7-9)14-2/h3-8H,1-2H3,(H2,14,15,16). The molecule has 90 valence electrons. The first kappa shape index (κ1) is 12.2. The summed E-state index contributed by atoms with van der Waals surface area (Å²) in [5.41, 5.74) is 1.04. The third-order valence-electron chi connectivity index (χ3n) is 2.42. The lowest BCUT2D eigenvalue weighted by atomic mass is 10.2. The lowest BCUT2D eigenvalue weighted by Gasteiger charge is -2.14. The first-order valence-electron chi connectivity index (χ1n) is 5.34. The minimum atomic E-state index is 0.236. The molecule has 0 aliphatic carbocycles. The van der Waals surface area contributed by atoms with Gasteiger partial charge in [-0.1, -0.05) is 11.6 Å². The maximum Gasteiger partial charge on any atom is 0.127 e. The van der Waals surface area contributed by atoms with Crippen LogP contribution in [-0.2, 0) is 0 Å². The predicted molar refractivity (Wildman–Crippen MR) is 75.2 cm³/mol. The molecule has 0 fully saturated rings. The predicted octanol–water partition coefficient (Wildman–Crippen LogP) is 4.01. The molecular weight excluding hydrogens is 254 g/mol. The molecule has 5 heteroatoms. The molecule has 17 heavy (non-hydrogen) atoms. The molecule has 0 radical (unpaired) electrons. The molecule has 2 rings (SSSR count). The Kier molecular flexibility index (Phi) is 3.86. The van der Waals surface area contributed by atoms with E-state index in [1.807, 2.05) is 31.3 Å². The van der Waals surface area contributed by atoms with Crippen LogP contribution in [0, 0.1) is 0 Å². The Morgan fingerprint density at radius 1 is 1.35 bits per heavy atom. The smallest absolute Gasteiger partial charge is 0.127 e. The van der Waals surface area contributed by atoms with Gasteiger partial charge in [0, 0.05) is 29.9 Å². The summed E-state index contributed by atoms with van der Waals surface area (Å²) in [7, 11) is 1.86. The third kappa shape index (κ3) is 3.11. The van der Waals surface area contributed by atoms with E-state index in [1.54, 1.807) is 17.5 Å². The van der Waals surface area contributed by atoms with Crippen molar-refractivity contribution in [2.24, 2.45) is 0 Å². The Hall–Kier alpha value is -1.26. The first-order chi connectivity index (χ1) is 8.19. The fourth-order valence-electron chi connectivity index (χ4n) is 1.54. The second kappa shape index (κ2) is 5.38. The molecule has 3 nitrogen and oxygen atoms in total. The molecule has 1 unspecified atom stereocenters. The fraction of sp³-hybridized carbons (Fsp3) is 0.250. The third-order valence-corrected chi connectivity index (χ3v) is 3.83. The summed E-state index contributed by atoms with van der Waals surface area (Å²) in [5.74, 6) is 0.853. The number of hydrogen-bond donors (Lipinski definition) is 2. The van der Waals surface area contributed by atoms with E-state index >= 15 is 0 Å². The lowest BCUT2D eigenvalue weighted by Crippen LogP contribution is -2.05. The van der Waals surface area contributed by atoms with Gasteiger partial charge in [0.15, 0.2) is 0 Å². The maximum atomic E-state index is 5.93. The van der Waals surface area contributed by atoms with Crippen molar-refractivity contribution in [1.82, 2.24) is 4.98 Å². The molecule has 0 saturated heterocycles. The SMILES string of the molecule is CNc1cc(NC(C)c2ccc(Cl)s2)ccn1. The highest BCUT2D eigenvalue weighted by Crippen LogP contribution is 2.29. The van der Waals surface area contributed by atoms with E-state index in [-0.39, 0.29) is 6.04 Å². The molecule has 0 amide bonds. The number of nitrogens with one attached hydrogen (secondary N) is 2. The van der Waals surface area contributed by atoms with Crippen molar-refractivity contribution in [2.75, 3.05) is 17.7 Å². The molecule has 0 bridgehead atoms. The molecule has 0 aliphatic heterocycles. The van der Waals surface area contributed by atoms with E-state index in [1.165, 1.54) is 4.88 Å². The average Bonchev–Trinajstić information content (AvgIpc) is 2.76. The van der Waals surface area contributed by atoms with Gasteiger partial charge >= 0.3 is 0 Å². The van der Waals surface area contributed by atoms with Crippen LogP contribution in [0.25, 0.3) is 0 Å². The Bertz CT molecular complexity index is 498.